The minimum atomic E-state index is -0.941. The van der Waals surface area contributed by atoms with Gasteiger partial charge in [0.2, 0.25) is 0 Å². The number of halogens is 1. The predicted octanol–water partition coefficient (Wildman–Crippen LogP) is 3.89. The Kier molecular flexibility index (Phi) is 4.07. The number of hydrogen-bond donors (Lipinski definition) is 2. The Labute approximate surface area is 116 Å². The molecule has 2 aromatic carbocycles. The number of aryl methyl sites for hydroxylation is 1. The average molecular weight is 276 g/mol. The molecule has 3 nitrogen and oxygen atoms in total. The number of benzene rings is 2. The highest BCUT2D eigenvalue weighted by atomic mass is 35.5. The van der Waals surface area contributed by atoms with Gasteiger partial charge in [-0.1, -0.05) is 35.9 Å². The first kappa shape index (κ1) is 13.4. The van der Waals surface area contributed by atoms with Crippen LogP contribution in [0.3, 0.4) is 0 Å². The lowest BCUT2D eigenvalue weighted by Crippen LogP contribution is -2.20. The maximum absolute atomic E-state index is 11.4. The lowest BCUT2D eigenvalue weighted by molar-refractivity contribution is -0.138. The van der Waals surface area contributed by atoms with Gasteiger partial charge < -0.3 is 10.4 Å². The Morgan fingerprint density at radius 1 is 1.21 bits per heavy atom. The molecule has 19 heavy (non-hydrogen) atoms. The lowest BCUT2D eigenvalue weighted by atomic mass is 10.1. The minimum Gasteiger partial charge on any atom is -0.479 e. The zero-order chi connectivity index (χ0) is 13.8. The average Bonchev–Trinajstić information content (AvgIpc) is 2.35. The topological polar surface area (TPSA) is 49.3 Å². The number of rotatable bonds is 4. The molecule has 0 aliphatic carbocycles. The van der Waals surface area contributed by atoms with Crippen LogP contribution in [0.1, 0.15) is 17.2 Å². The van der Waals surface area contributed by atoms with Crippen molar-refractivity contribution in [3.05, 3.63) is 64.7 Å². The van der Waals surface area contributed by atoms with Crippen molar-refractivity contribution in [2.75, 3.05) is 5.32 Å². The summed E-state index contributed by atoms with van der Waals surface area (Å²) in [5.41, 5.74) is 2.47. The summed E-state index contributed by atoms with van der Waals surface area (Å²) in [6, 6.07) is 13.6. The molecule has 0 fully saturated rings. The second-order valence-corrected chi connectivity index (χ2v) is 4.78. The van der Waals surface area contributed by atoms with Gasteiger partial charge in [0.1, 0.15) is 0 Å². The molecule has 2 aromatic rings. The maximum atomic E-state index is 11.4. The molecular formula is C15H14ClNO2. The third-order valence-corrected chi connectivity index (χ3v) is 2.99. The summed E-state index contributed by atoms with van der Waals surface area (Å²) < 4.78 is 0. The fraction of sp³-hybridized carbons (Fsp3) is 0.133. The van der Waals surface area contributed by atoms with Gasteiger partial charge in [0.25, 0.3) is 0 Å². The van der Waals surface area contributed by atoms with Crippen LogP contribution in [0.4, 0.5) is 5.69 Å². The third kappa shape index (κ3) is 3.48. The van der Waals surface area contributed by atoms with Crippen LogP contribution in [0, 0.1) is 6.92 Å². The molecule has 2 rings (SSSR count). The molecule has 2 N–H and O–H groups in total. The van der Waals surface area contributed by atoms with Crippen molar-refractivity contribution in [2.24, 2.45) is 0 Å². The van der Waals surface area contributed by atoms with Crippen molar-refractivity contribution in [2.45, 2.75) is 13.0 Å². The molecule has 0 spiro atoms. The molecule has 0 aliphatic heterocycles. The van der Waals surface area contributed by atoms with E-state index in [9.17, 15) is 9.90 Å². The van der Waals surface area contributed by atoms with Gasteiger partial charge in [-0.25, -0.2) is 4.79 Å². The molecule has 0 aliphatic rings. The molecule has 4 heteroatoms. The van der Waals surface area contributed by atoms with Crippen molar-refractivity contribution in [3.63, 3.8) is 0 Å². The van der Waals surface area contributed by atoms with E-state index in [0.717, 1.165) is 11.3 Å². The van der Waals surface area contributed by atoms with Crippen molar-refractivity contribution < 1.29 is 9.90 Å². The number of anilines is 1. The fourth-order valence-electron chi connectivity index (χ4n) is 1.88. The van der Waals surface area contributed by atoms with Crippen molar-refractivity contribution in [1.29, 1.82) is 0 Å². The number of carboxylic acid groups (broad SMARTS) is 1. The highest BCUT2D eigenvalue weighted by Gasteiger charge is 2.19. The Bertz CT molecular complexity index is 598. The molecule has 1 unspecified atom stereocenters. The number of carboxylic acids is 1. The van der Waals surface area contributed by atoms with E-state index in [0.29, 0.717) is 10.6 Å². The van der Waals surface area contributed by atoms with Crippen LogP contribution in [-0.2, 0) is 4.79 Å². The third-order valence-electron chi connectivity index (χ3n) is 2.76. The Morgan fingerprint density at radius 2 is 1.95 bits per heavy atom. The van der Waals surface area contributed by atoms with Gasteiger partial charge in [-0.05, 0) is 42.3 Å². The molecule has 1 atom stereocenters. The van der Waals surface area contributed by atoms with Crippen LogP contribution >= 0.6 is 11.6 Å². The van der Waals surface area contributed by atoms with Crippen LogP contribution in [-0.4, -0.2) is 11.1 Å². The van der Waals surface area contributed by atoms with Gasteiger partial charge in [-0.3, -0.25) is 0 Å². The predicted molar refractivity (Wildman–Crippen MR) is 76.6 cm³/mol. The van der Waals surface area contributed by atoms with Crippen LogP contribution < -0.4 is 5.32 Å². The van der Waals surface area contributed by atoms with Gasteiger partial charge in [-0.2, -0.15) is 0 Å². The molecule has 0 amide bonds. The first-order valence-electron chi connectivity index (χ1n) is 5.88. The Morgan fingerprint density at radius 3 is 2.58 bits per heavy atom. The van der Waals surface area contributed by atoms with E-state index in [-0.39, 0.29) is 0 Å². The molecule has 0 heterocycles. The summed E-state index contributed by atoms with van der Waals surface area (Å²) in [6.45, 7) is 1.96. The summed E-state index contributed by atoms with van der Waals surface area (Å²) >= 11 is 5.90. The summed E-state index contributed by atoms with van der Waals surface area (Å²) in [6.07, 6.45) is 0. The summed E-state index contributed by atoms with van der Waals surface area (Å²) in [5, 5.41) is 12.9. The van der Waals surface area contributed by atoms with E-state index in [1.807, 2.05) is 31.2 Å². The number of carbonyl (C=O) groups is 1. The van der Waals surface area contributed by atoms with E-state index in [2.05, 4.69) is 5.32 Å². The summed E-state index contributed by atoms with van der Waals surface area (Å²) in [5.74, 6) is -0.941. The summed E-state index contributed by atoms with van der Waals surface area (Å²) in [7, 11) is 0. The number of nitrogens with one attached hydrogen (secondary N) is 1. The minimum absolute atomic E-state index is 0.523. The second kappa shape index (κ2) is 5.76. The normalized spacial score (nSPS) is 11.9. The monoisotopic (exact) mass is 275 g/mol. The van der Waals surface area contributed by atoms with Crippen molar-refractivity contribution >= 4 is 23.3 Å². The highest BCUT2D eigenvalue weighted by molar-refractivity contribution is 6.30. The lowest BCUT2D eigenvalue weighted by Gasteiger charge is -2.16. The zero-order valence-corrected chi connectivity index (χ0v) is 11.2. The van der Waals surface area contributed by atoms with Crippen LogP contribution in [0.15, 0.2) is 48.5 Å². The zero-order valence-electron chi connectivity index (χ0n) is 10.4. The maximum Gasteiger partial charge on any atom is 0.330 e. The Balaban J connectivity index is 2.29. The van der Waals surface area contributed by atoms with Gasteiger partial charge in [0.05, 0.1) is 0 Å². The Hall–Kier alpha value is -2.00. The summed E-state index contributed by atoms with van der Waals surface area (Å²) in [4.78, 5) is 11.4. The molecule has 0 saturated heterocycles. The number of hydrogen-bond acceptors (Lipinski definition) is 2. The van der Waals surface area contributed by atoms with E-state index >= 15 is 0 Å². The molecule has 0 aromatic heterocycles. The van der Waals surface area contributed by atoms with E-state index in [4.69, 9.17) is 11.6 Å². The van der Waals surface area contributed by atoms with E-state index < -0.39 is 12.0 Å². The SMILES string of the molecule is Cc1cccc(NC(C(=O)O)c2cccc(Cl)c2)c1. The van der Waals surface area contributed by atoms with Crippen molar-refractivity contribution in [1.82, 2.24) is 0 Å². The largest absolute Gasteiger partial charge is 0.479 e. The van der Waals surface area contributed by atoms with Gasteiger partial charge in [0, 0.05) is 10.7 Å². The van der Waals surface area contributed by atoms with Gasteiger partial charge in [-0.15, -0.1) is 0 Å². The first-order valence-corrected chi connectivity index (χ1v) is 6.25. The standard InChI is InChI=1S/C15H14ClNO2/c1-10-4-2-7-13(8-10)17-14(15(18)19)11-5-3-6-12(16)9-11/h2-9,14,17H,1H3,(H,18,19). The van der Waals surface area contributed by atoms with Crippen LogP contribution in [0.5, 0.6) is 0 Å². The number of aliphatic carboxylic acids is 1. The smallest absolute Gasteiger partial charge is 0.330 e. The quantitative estimate of drug-likeness (QED) is 0.890. The molecule has 0 radical (unpaired) electrons. The van der Waals surface area contributed by atoms with E-state index in [1.54, 1.807) is 24.3 Å². The molecule has 0 saturated carbocycles. The first-order chi connectivity index (χ1) is 9.06. The van der Waals surface area contributed by atoms with Gasteiger partial charge >= 0.3 is 5.97 Å². The molecule has 0 bridgehead atoms. The molecular weight excluding hydrogens is 262 g/mol. The highest BCUT2D eigenvalue weighted by Crippen LogP contribution is 2.23. The van der Waals surface area contributed by atoms with Crippen molar-refractivity contribution in [3.8, 4) is 0 Å². The van der Waals surface area contributed by atoms with Crippen LogP contribution in [0.2, 0.25) is 5.02 Å². The van der Waals surface area contributed by atoms with E-state index in [1.165, 1.54) is 0 Å². The van der Waals surface area contributed by atoms with Gasteiger partial charge in [0.15, 0.2) is 6.04 Å². The fourth-order valence-corrected chi connectivity index (χ4v) is 2.07. The molecule has 98 valence electrons. The second-order valence-electron chi connectivity index (χ2n) is 4.34. The van der Waals surface area contributed by atoms with Crippen LogP contribution in [0.25, 0.3) is 0 Å².